The van der Waals surface area contributed by atoms with Crippen LogP contribution in [-0.2, 0) is 9.59 Å². The van der Waals surface area contributed by atoms with Crippen molar-refractivity contribution in [3.05, 3.63) is 41.4 Å². The van der Waals surface area contributed by atoms with Crippen LogP contribution in [0.3, 0.4) is 0 Å². The summed E-state index contributed by atoms with van der Waals surface area (Å²) in [5, 5.41) is 7.99. The van der Waals surface area contributed by atoms with Gasteiger partial charge >= 0.3 is 0 Å². The van der Waals surface area contributed by atoms with E-state index in [4.69, 9.17) is 11.6 Å². The molecule has 0 saturated carbocycles. The van der Waals surface area contributed by atoms with Crippen molar-refractivity contribution in [1.82, 2.24) is 4.98 Å². The lowest BCUT2D eigenvalue weighted by atomic mass is 10.1. The summed E-state index contributed by atoms with van der Waals surface area (Å²) < 4.78 is 0. The monoisotopic (exact) mass is 383 g/mol. The van der Waals surface area contributed by atoms with Crippen molar-refractivity contribution in [3.63, 3.8) is 0 Å². The fourth-order valence-corrected chi connectivity index (χ4v) is 3.27. The van der Waals surface area contributed by atoms with Crippen molar-refractivity contribution in [2.45, 2.75) is 39.5 Å². The molecule has 3 rings (SSSR count). The smallest absolute Gasteiger partial charge is 0.224 e. The first-order chi connectivity index (χ1) is 13.0. The van der Waals surface area contributed by atoms with E-state index >= 15 is 0 Å². The van der Waals surface area contributed by atoms with Gasteiger partial charge in [-0.3, -0.25) is 9.59 Å². The largest absolute Gasteiger partial charge is 0.326 e. The summed E-state index contributed by atoms with van der Waals surface area (Å²) in [7, 11) is 0. The van der Waals surface area contributed by atoms with Crippen molar-refractivity contribution in [3.8, 4) is 0 Å². The van der Waals surface area contributed by atoms with Crippen LogP contribution < -0.4 is 10.6 Å². The Labute approximate surface area is 163 Å². The molecule has 0 bridgehead atoms. The van der Waals surface area contributed by atoms with E-state index < -0.39 is 0 Å². The molecule has 6 heteroatoms. The number of hydrogen-bond acceptors (Lipinski definition) is 3. The molecule has 5 nitrogen and oxygen atoms in total. The van der Waals surface area contributed by atoms with Crippen LogP contribution in [0.4, 0.5) is 11.4 Å². The first kappa shape index (κ1) is 19.1. The van der Waals surface area contributed by atoms with Crippen LogP contribution in [0.2, 0.25) is 5.02 Å². The number of benzene rings is 2. The second-order valence-electron chi connectivity index (χ2n) is 6.49. The van der Waals surface area contributed by atoms with E-state index in [1.165, 1.54) is 0 Å². The lowest BCUT2D eigenvalue weighted by Gasteiger charge is -2.10. The number of pyridine rings is 1. The SMILES string of the molecule is CCCC(=O)Nc1ccc2c(Cl)c3ccc(NC(=O)CCC)cc3nc2c1. The number of anilines is 2. The van der Waals surface area contributed by atoms with Gasteiger partial charge in [0.2, 0.25) is 11.8 Å². The van der Waals surface area contributed by atoms with Crippen LogP contribution in [0.1, 0.15) is 39.5 Å². The molecule has 1 aromatic heterocycles. The Balaban J connectivity index is 1.99. The van der Waals surface area contributed by atoms with Gasteiger partial charge in [0.15, 0.2) is 0 Å². The highest BCUT2D eigenvalue weighted by molar-refractivity contribution is 6.40. The number of rotatable bonds is 6. The molecule has 2 N–H and O–H groups in total. The number of fused-ring (bicyclic) bond motifs is 2. The molecule has 2 amide bonds. The van der Waals surface area contributed by atoms with E-state index in [-0.39, 0.29) is 11.8 Å². The summed E-state index contributed by atoms with van der Waals surface area (Å²) in [6.45, 7) is 3.93. The van der Waals surface area contributed by atoms with E-state index in [9.17, 15) is 9.59 Å². The highest BCUT2D eigenvalue weighted by Crippen LogP contribution is 2.33. The Morgan fingerprint density at radius 3 is 1.70 bits per heavy atom. The summed E-state index contributed by atoms with van der Waals surface area (Å²) in [5.41, 5.74) is 2.77. The van der Waals surface area contributed by atoms with Gasteiger partial charge in [-0.05, 0) is 49.2 Å². The predicted molar refractivity (Wildman–Crippen MR) is 111 cm³/mol. The Kier molecular flexibility index (Phi) is 5.91. The summed E-state index contributed by atoms with van der Waals surface area (Å²) in [6, 6.07) is 11.0. The minimum atomic E-state index is -0.0235. The zero-order valence-electron chi connectivity index (χ0n) is 15.4. The molecule has 27 heavy (non-hydrogen) atoms. The summed E-state index contributed by atoms with van der Waals surface area (Å²) in [5.74, 6) is -0.0469. The van der Waals surface area contributed by atoms with Gasteiger partial charge in [-0.2, -0.15) is 0 Å². The van der Waals surface area contributed by atoms with Crippen LogP contribution in [0.25, 0.3) is 21.8 Å². The van der Waals surface area contributed by atoms with E-state index in [1.54, 1.807) is 0 Å². The van der Waals surface area contributed by atoms with Crippen molar-refractivity contribution in [2.24, 2.45) is 0 Å². The summed E-state index contributed by atoms with van der Waals surface area (Å²) >= 11 is 6.58. The van der Waals surface area contributed by atoms with E-state index in [2.05, 4.69) is 15.6 Å². The van der Waals surface area contributed by atoms with Gasteiger partial charge < -0.3 is 10.6 Å². The lowest BCUT2D eigenvalue weighted by Crippen LogP contribution is -2.10. The molecule has 0 aliphatic rings. The zero-order chi connectivity index (χ0) is 19.4. The fourth-order valence-electron chi connectivity index (χ4n) is 2.95. The third-order valence-electron chi connectivity index (χ3n) is 4.23. The number of nitrogens with zero attached hydrogens (tertiary/aromatic N) is 1. The topological polar surface area (TPSA) is 71.1 Å². The third-order valence-corrected chi connectivity index (χ3v) is 4.64. The van der Waals surface area contributed by atoms with Crippen LogP contribution >= 0.6 is 11.6 Å². The molecular weight excluding hydrogens is 362 g/mol. The zero-order valence-corrected chi connectivity index (χ0v) is 16.2. The molecule has 0 aliphatic heterocycles. The van der Waals surface area contributed by atoms with Gasteiger partial charge in [-0.15, -0.1) is 0 Å². The second kappa shape index (κ2) is 8.35. The Hall–Kier alpha value is -2.66. The number of aromatic nitrogens is 1. The van der Waals surface area contributed by atoms with Crippen LogP contribution in [-0.4, -0.2) is 16.8 Å². The molecule has 0 aliphatic carbocycles. The maximum absolute atomic E-state index is 11.8. The average Bonchev–Trinajstić information content (AvgIpc) is 2.62. The van der Waals surface area contributed by atoms with Gasteiger partial charge in [0, 0.05) is 35.0 Å². The van der Waals surface area contributed by atoms with Crippen LogP contribution in [0.15, 0.2) is 36.4 Å². The summed E-state index contributed by atoms with van der Waals surface area (Å²) in [6.07, 6.45) is 2.54. The van der Waals surface area contributed by atoms with Crippen LogP contribution in [0, 0.1) is 0 Å². The number of amides is 2. The Morgan fingerprint density at radius 2 is 1.30 bits per heavy atom. The quantitative estimate of drug-likeness (QED) is 0.550. The van der Waals surface area contributed by atoms with Gasteiger partial charge in [-0.25, -0.2) is 4.98 Å². The molecule has 2 aromatic carbocycles. The fraction of sp³-hybridized carbons (Fsp3) is 0.286. The maximum atomic E-state index is 11.8. The van der Waals surface area contributed by atoms with Gasteiger partial charge in [0.25, 0.3) is 0 Å². The first-order valence-corrected chi connectivity index (χ1v) is 9.52. The number of nitrogens with one attached hydrogen (secondary N) is 2. The normalized spacial score (nSPS) is 10.9. The Bertz CT molecular complexity index is 939. The Morgan fingerprint density at radius 1 is 0.852 bits per heavy atom. The van der Waals surface area contributed by atoms with E-state index in [0.29, 0.717) is 40.3 Å². The van der Waals surface area contributed by atoms with Gasteiger partial charge in [0.1, 0.15) is 0 Å². The molecule has 3 aromatic rings. The molecular formula is C21H22ClN3O2. The highest BCUT2D eigenvalue weighted by atomic mass is 35.5. The van der Waals surface area contributed by atoms with E-state index in [0.717, 1.165) is 23.6 Å². The first-order valence-electron chi connectivity index (χ1n) is 9.14. The number of halogens is 1. The average molecular weight is 384 g/mol. The van der Waals surface area contributed by atoms with Crippen molar-refractivity contribution < 1.29 is 9.59 Å². The van der Waals surface area contributed by atoms with Gasteiger partial charge in [-0.1, -0.05) is 25.4 Å². The van der Waals surface area contributed by atoms with Crippen molar-refractivity contribution >= 4 is 56.6 Å². The van der Waals surface area contributed by atoms with E-state index in [1.807, 2.05) is 50.2 Å². The lowest BCUT2D eigenvalue weighted by molar-refractivity contribution is -0.117. The maximum Gasteiger partial charge on any atom is 0.224 e. The van der Waals surface area contributed by atoms with Gasteiger partial charge in [0.05, 0.1) is 16.1 Å². The molecule has 0 fully saturated rings. The highest BCUT2D eigenvalue weighted by Gasteiger charge is 2.10. The molecule has 0 atom stereocenters. The minimum Gasteiger partial charge on any atom is -0.326 e. The molecule has 0 unspecified atom stereocenters. The van der Waals surface area contributed by atoms with Crippen LogP contribution in [0.5, 0.6) is 0 Å². The summed E-state index contributed by atoms with van der Waals surface area (Å²) in [4.78, 5) is 28.3. The number of carbonyl (C=O) groups excluding carboxylic acids is 2. The van der Waals surface area contributed by atoms with Crippen molar-refractivity contribution in [2.75, 3.05) is 10.6 Å². The van der Waals surface area contributed by atoms with Crippen molar-refractivity contribution in [1.29, 1.82) is 0 Å². The standard InChI is InChI=1S/C21H22ClN3O2/c1-3-5-19(26)23-13-7-9-15-17(11-13)25-18-12-14(24-20(27)6-4-2)8-10-16(18)21(15)22/h7-12H,3-6H2,1-2H3,(H,23,26)(H,24,27). The third kappa shape index (κ3) is 4.37. The predicted octanol–water partition coefficient (Wildman–Crippen LogP) is 5.52. The molecule has 140 valence electrons. The number of carbonyl (C=O) groups is 2. The second-order valence-corrected chi connectivity index (χ2v) is 6.86. The molecule has 0 saturated heterocycles. The molecule has 0 radical (unpaired) electrons. The molecule has 1 heterocycles. The molecule has 0 spiro atoms. The number of hydrogen-bond donors (Lipinski definition) is 2. The minimum absolute atomic E-state index is 0.0235.